The lowest BCUT2D eigenvalue weighted by Crippen LogP contribution is -1.93. The summed E-state index contributed by atoms with van der Waals surface area (Å²) in [5, 5.41) is 0.696. The molecule has 0 atom stereocenters. The highest BCUT2D eigenvalue weighted by molar-refractivity contribution is 7.98. The SMILES string of the molecule is Nc1ccc(F)cc1CSc1cccc(Cl)c1. The molecule has 0 aliphatic rings. The average Bonchev–Trinajstić information content (AvgIpc) is 2.30. The van der Waals surface area contributed by atoms with Gasteiger partial charge in [-0.1, -0.05) is 17.7 Å². The van der Waals surface area contributed by atoms with Gasteiger partial charge in [0.05, 0.1) is 0 Å². The van der Waals surface area contributed by atoms with E-state index >= 15 is 0 Å². The van der Waals surface area contributed by atoms with Gasteiger partial charge in [-0.2, -0.15) is 0 Å². The van der Waals surface area contributed by atoms with E-state index in [0.29, 0.717) is 16.5 Å². The number of nitrogen functional groups attached to an aromatic ring is 1. The first-order chi connectivity index (χ1) is 8.15. The number of anilines is 1. The van der Waals surface area contributed by atoms with Crippen LogP contribution in [-0.2, 0) is 5.75 Å². The van der Waals surface area contributed by atoms with E-state index in [-0.39, 0.29) is 5.82 Å². The number of hydrogen-bond acceptors (Lipinski definition) is 2. The highest BCUT2D eigenvalue weighted by atomic mass is 35.5. The number of thioether (sulfide) groups is 1. The van der Waals surface area contributed by atoms with Crippen LogP contribution in [0.1, 0.15) is 5.56 Å². The molecule has 2 rings (SSSR count). The molecule has 1 nitrogen and oxygen atoms in total. The minimum Gasteiger partial charge on any atom is -0.398 e. The highest BCUT2D eigenvalue weighted by Crippen LogP contribution is 2.27. The molecule has 0 aliphatic heterocycles. The summed E-state index contributed by atoms with van der Waals surface area (Å²) < 4.78 is 13.1. The zero-order valence-corrected chi connectivity index (χ0v) is 10.6. The predicted molar refractivity (Wildman–Crippen MR) is 71.8 cm³/mol. The average molecular weight is 268 g/mol. The molecule has 0 saturated carbocycles. The third-order valence-corrected chi connectivity index (χ3v) is 3.57. The second kappa shape index (κ2) is 5.43. The Morgan fingerprint density at radius 2 is 2.00 bits per heavy atom. The van der Waals surface area contributed by atoms with Gasteiger partial charge in [-0.3, -0.25) is 0 Å². The first kappa shape index (κ1) is 12.3. The fourth-order valence-electron chi connectivity index (χ4n) is 1.42. The van der Waals surface area contributed by atoms with Crippen LogP contribution < -0.4 is 5.73 Å². The third kappa shape index (κ3) is 3.38. The lowest BCUT2D eigenvalue weighted by atomic mass is 10.2. The zero-order valence-electron chi connectivity index (χ0n) is 8.99. The van der Waals surface area contributed by atoms with Gasteiger partial charge < -0.3 is 5.73 Å². The van der Waals surface area contributed by atoms with Crippen molar-refractivity contribution in [2.45, 2.75) is 10.6 Å². The Morgan fingerprint density at radius 3 is 2.76 bits per heavy atom. The summed E-state index contributed by atoms with van der Waals surface area (Å²) >= 11 is 7.46. The van der Waals surface area contributed by atoms with Gasteiger partial charge in [0.25, 0.3) is 0 Å². The van der Waals surface area contributed by atoms with E-state index in [4.69, 9.17) is 17.3 Å². The summed E-state index contributed by atoms with van der Waals surface area (Å²) in [7, 11) is 0. The summed E-state index contributed by atoms with van der Waals surface area (Å²) in [6, 6.07) is 12.0. The molecule has 0 aliphatic carbocycles. The van der Waals surface area contributed by atoms with E-state index in [1.165, 1.54) is 12.1 Å². The van der Waals surface area contributed by atoms with Gasteiger partial charge in [0, 0.05) is 21.4 Å². The van der Waals surface area contributed by atoms with E-state index in [9.17, 15) is 4.39 Å². The van der Waals surface area contributed by atoms with Crippen molar-refractivity contribution >= 4 is 29.1 Å². The molecule has 88 valence electrons. The molecule has 0 bridgehead atoms. The molecule has 0 amide bonds. The fourth-order valence-corrected chi connectivity index (χ4v) is 2.63. The molecular formula is C13H11ClFNS. The summed E-state index contributed by atoms with van der Waals surface area (Å²) in [5.41, 5.74) is 7.19. The predicted octanol–water partition coefficient (Wildman–Crippen LogP) is 4.35. The lowest BCUT2D eigenvalue weighted by molar-refractivity contribution is 0.627. The molecular weight excluding hydrogens is 257 g/mol. The Kier molecular flexibility index (Phi) is 3.92. The number of halogens is 2. The second-order valence-corrected chi connectivity index (χ2v) is 5.07. The van der Waals surface area contributed by atoms with Crippen LogP contribution in [0.2, 0.25) is 5.02 Å². The zero-order chi connectivity index (χ0) is 12.3. The molecule has 2 aromatic rings. The van der Waals surface area contributed by atoms with Crippen LogP contribution in [0, 0.1) is 5.82 Å². The van der Waals surface area contributed by atoms with Gasteiger partial charge in [-0.15, -0.1) is 11.8 Å². The normalized spacial score (nSPS) is 10.5. The van der Waals surface area contributed by atoms with E-state index in [0.717, 1.165) is 10.5 Å². The molecule has 0 fully saturated rings. The maximum Gasteiger partial charge on any atom is 0.123 e. The maximum absolute atomic E-state index is 13.1. The van der Waals surface area contributed by atoms with Crippen LogP contribution in [-0.4, -0.2) is 0 Å². The summed E-state index contributed by atoms with van der Waals surface area (Å²) in [6.07, 6.45) is 0. The minimum atomic E-state index is -0.263. The van der Waals surface area contributed by atoms with E-state index in [1.54, 1.807) is 17.8 Å². The number of nitrogens with two attached hydrogens (primary N) is 1. The Hall–Kier alpha value is -1.19. The van der Waals surface area contributed by atoms with Crippen molar-refractivity contribution in [1.82, 2.24) is 0 Å². The van der Waals surface area contributed by atoms with Crippen LogP contribution in [0.4, 0.5) is 10.1 Å². The minimum absolute atomic E-state index is 0.263. The maximum atomic E-state index is 13.1. The molecule has 0 radical (unpaired) electrons. The first-order valence-corrected chi connectivity index (χ1v) is 6.44. The van der Waals surface area contributed by atoms with E-state index in [2.05, 4.69) is 0 Å². The Morgan fingerprint density at radius 1 is 1.18 bits per heavy atom. The molecule has 0 heterocycles. The van der Waals surface area contributed by atoms with Gasteiger partial charge in [0.15, 0.2) is 0 Å². The molecule has 2 N–H and O–H groups in total. The number of benzene rings is 2. The smallest absolute Gasteiger partial charge is 0.123 e. The van der Waals surface area contributed by atoms with Crippen molar-refractivity contribution in [1.29, 1.82) is 0 Å². The van der Waals surface area contributed by atoms with Crippen molar-refractivity contribution in [3.63, 3.8) is 0 Å². The van der Waals surface area contributed by atoms with Gasteiger partial charge in [0.2, 0.25) is 0 Å². The molecule has 0 aromatic heterocycles. The van der Waals surface area contributed by atoms with Crippen molar-refractivity contribution in [3.05, 3.63) is 58.9 Å². The lowest BCUT2D eigenvalue weighted by Gasteiger charge is -2.06. The first-order valence-electron chi connectivity index (χ1n) is 5.07. The van der Waals surface area contributed by atoms with E-state index < -0.39 is 0 Å². The monoisotopic (exact) mass is 267 g/mol. The second-order valence-electron chi connectivity index (χ2n) is 3.59. The van der Waals surface area contributed by atoms with Gasteiger partial charge in [-0.25, -0.2) is 4.39 Å². The van der Waals surface area contributed by atoms with Crippen molar-refractivity contribution in [2.24, 2.45) is 0 Å². The van der Waals surface area contributed by atoms with Gasteiger partial charge in [-0.05, 0) is 42.0 Å². The Balaban J connectivity index is 2.09. The van der Waals surface area contributed by atoms with Crippen molar-refractivity contribution < 1.29 is 4.39 Å². The number of rotatable bonds is 3. The summed E-state index contributed by atoms with van der Waals surface area (Å²) in [6.45, 7) is 0. The topological polar surface area (TPSA) is 26.0 Å². The molecule has 2 aromatic carbocycles. The van der Waals surface area contributed by atoms with Gasteiger partial charge >= 0.3 is 0 Å². The van der Waals surface area contributed by atoms with Crippen molar-refractivity contribution in [2.75, 3.05) is 5.73 Å². The van der Waals surface area contributed by atoms with Gasteiger partial charge in [0.1, 0.15) is 5.82 Å². The van der Waals surface area contributed by atoms with Crippen molar-refractivity contribution in [3.8, 4) is 0 Å². The Bertz CT molecular complexity index is 531. The van der Waals surface area contributed by atoms with Crippen LogP contribution >= 0.6 is 23.4 Å². The molecule has 0 spiro atoms. The van der Waals surface area contributed by atoms with Crippen LogP contribution in [0.3, 0.4) is 0 Å². The molecule has 0 unspecified atom stereocenters. The highest BCUT2D eigenvalue weighted by Gasteiger charge is 2.02. The molecule has 4 heteroatoms. The third-order valence-electron chi connectivity index (χ3n) is 2.30. The number of hydrogen-bond donors (Lipinski definition) is 1. The van der Waals surface area contributed by atoms with E-state index in [1.807, 2.05) is 24.3 Å². The quantitative estimate of drug-likeness (QED) is 0.661. The molecule has 17 heavy (non-hydrogen) atoms. The molecule has 0 saturated heterocycles. The Labute approximate surface area is 109 Å². The van der Waals surface area contributed by atoms with Crippen LogP contribution in [0.15, 0.2) is 47.4 Å². The fraction of sp³-hybridized carbons (Fsp3) is 0.0769. The van der Waals surface area contributed by atoms with Crippen LogP contribution in [0.25, 0.3) is 0 Å². The summed E-state index contributed by atoms with van der Waals surface area (Å²) in [5.74, 6) is 0.366. The van der Waals surface area contributed by atoms with Crippen LogP contribution in [0.5, 0.6) is 0 Å². The standard InChI is InChI=1S/C13H11ClFNS/c14-10-2-1-3-12(7-10)17-8-9-6-11(15)4-5-13(9)16/h1-7H,8,16H2. The summed E-state index contributed by atoms with van der Waals surface area (Å²) in [4.78, 5) is 1.04. The largest absolute Gasteiger partial charge is 0.398 e.